The molecule has 2 rings (SSSR count). The monoisotopic (exact) mass is 256 g/mol. The summed E-state index contributed by atoms with van der Waals surface area (Å²) in [6, 6.07) is 0. The predicted octanol–water partition coefficient (Wildman–Crippen LogP) is -0.479. The maximum atomic E-state index is 11.3. The molecule has 1 aromatic heterocycles. The van der Waals surface area contributed by atoms with Crippen molar-refractivity contribution in [2.24, 2.45) is 17.0 Å². The molecule has 94 valence electrons. The molecule has 8 heteroatoms. The fraction of sp³-hybridized carbons (Fsp3) is 0.667. The number of hydrogen-bond acceptors (Lipinski definition) is 7. The second-order valence-electron chi connectivity index (χ2n) is 4.58. The van der Waals surface area contributed by atoms with Crippen molar-refractivity contribution in [2.45, 2.75) is 19.9 Å². The van der Waals surface area contributed by atoms with Crippen LogP contribution in [0.15, 0.2) is 0 Å². The van der Waals surface area contributed by atoms with Crippen LogP contribution in [0.25, 0.3) is 0 Å². The molecule has 1 fully saturated rings. The molecule has 5 N–H and O–H groups in total. The Morgan fingerprint density at radius 3 is 3.06 bits per heavy atom. The van der Waals surface area contributed by atoms with Crippen LogP contribution in [-0.2, 0) is 11.3 Å². The van der Waals surface area contributed by atoms with Crippen molar-refractivity contribution in [3.8, 4) is 0 Å². The number of nitrogens with zero attached hydrogens (tertiary/aromatic N) is 3. The molecule has 7 nitrogen and oxygen atoms in total. The number of likely N-dealkylation sites (tertiary alicyclic amines) is 1. The number of nitrogens with two attached hydrogens (primary N) is 2. The second kappa shape index (κ2) is 4.55. The summed E-state index contributed by atoms with van der Waals surface area (Å²) in [4.78, 5) is 13.5. The van der Waals surface area contributed by atoms with Crippen LogP contribution >= 0.6 is 11.5 Å². The van der Waals surface area contributed by atoms with E-state index in [1.54, 1.807) is 0 Å². The van der Waals surface area contributed by atoms with Crippen LogP contribution in [0.1, 0.15) is 19.0 Å². The molecule has 1 aliphatic heterocycles. The zero-order valence-electron chi connectivity index (χ0n) is 9.64. The SMILES string of the molecule is CC1(C(N)=O)CCN(Cc2nnsc2NN)C1. The van der Waals surface area contributed by atoms with Crippen molar-refractivity contribution < 1.29 is 4.79 Å². The molecule has 1 aromatic rings. The molecule has 1 aliphatic rings. The fourth-order valence-electron chi connectivity index (χ4n) is 2.03. The lowest BCUT2D eigenvalue weighted by atomic mass is 9.89. The number of amides is 1. The minimum absolute atomic E-state index is 0.242. The molecule has 1 amide bonds. The Labute approximate surface area is 103 Å². The van der Waals surface area contributed by atoms with E-state index in [-0.39, 0.29) is 5.91 Å². The van der Waals surface area contributed by atoms with E-state index in [4.69, 9.17) is 11.6 Å². The van der Waals surface area contributed by atoms with Gasteiger partial charge in [0.25, 0.3) is 0 Å². The minimum atomic E-state index is -0.431. The summed E-state index contributed by atoms with van der Waals surface area (Å²) in [6.07, 6.45) is 0.783. The quantitative estimate of drug-likeness (QED) is 0.496. The van der Waals surface area contributed by atoms with Gasteiger partial charge in [-0.15, -0.1) is 5.10 Å². The van der Waals surface area contributed by atoms with Crippen molar-refractivity contribution in [1.82, 2.24) is 14.5 Å². The highest BCUT2D eigenvalue weighted by Gasteiger charge is 2.39. The van der Waals surface area contributed by atoms with E-state index in [0.29, 0.717) is 13.1 Å². The van der Waals surface area contributed by atoms with E-state index in [9.17, 15) is 4.79 Å². The van der Waals surface area contributed by atoms with Gasteiger partial charge in [0, 0.05) is 24.6 Å². The third kappa shape index (κ3) is 2.38. The summed E-state index contributed by atoms with van der Waals surface area (Å²) < 4.78 is 3.84. The van der Waals surface area contributed by atoms with Crippen molar-refractivity contribution in [1.29, 1.82) is 0 Å². The van der Waals surface area contributed by atoms with Crippen molar-refractivity contribution in [2.75, 3.05) is 18.5 Å². The number of rotatable bonds is 4. The summed E-state index contributed by atoms with van der Waals surface area (Å²) in [7, 11) is 0. The third-order valence-corrected chi connectivity index (χ3v) is 3.91. The highest BCUT2D eigenvalue weighted by molar-refractivity contribution is 7.10. The first-order valence-corrected chi connectivity index (χ1v) is 6.12. The molecule has 2 heterocycles. The molecular formula is C9H16N6OS. The highest BCUT2D eigenvalue weighted by atomic mass is 32.1. The Balaban J connectivity index is 2.01. The Hall–Kier alpha value is -1.25. The van der Waals surface area contributed by atoms with Gasteiger partial charge >= 0.3 is 0 Å². The number of hydrazine groups is 1. The van der Waals surface area contributed by atoms with Crippen LogP contribution in [0.2, 0.25) is 0 Å². The normalized spacial score (nSPS) is 25.1. The summed E-state index contributed by atoms with van der Waals surface area (Å²) in [5.74, 6) is 5.12. The summed E-state index contributed by atoms with van der Waals surface area (Å²) in [5.41, 5.74) is 8.35. The second-order valence-corrected chi connectivity index (χ2v) is 5.33. The molecule has 0 aromatic carbocycles. The number of carbonyl (C=O) groups excluding carboxylic acids is 1. The molecule has 0 aliphatic carbocycles. The van der Waals surface area contributed by atoms with E-state index >= 15 is 0 Å². The van der Waals surface area contributed by atoms with Gasteiger partial charge in [0.2, 0.25) is 5.91 Å². The number of carbonyl (C=O) groups is 1. The molecule has 0 radical (unpaired) electrons. The van der Waals surface area contributed by atoms with E-state index in [1.807, 2.05) is 6.92 Å². The molecule has 1 saturated heterocycles. The van der Waals surface area contributed by atoms with E-state index in [1.165, 1.54) is 11.5 Å². The summed E-state index contributed by atoms with van der Waals surface area (Å²) in [6.45, 7) is 4.03. The molecule has 1 atom stereocenters. The number of primary amides is 1. The van der Waals surface area contributed by atoms with Crippen LogP contribution in [0.5, 0.6) is 0 Å². The first-order chi connectivity index (χ1) is 8.05. The average molecular weight is 256 g/mol. The minimum Gasteiger partial charge on any atom is -0.369 e. The lowest BCUT2D eigenvalue weighted by molar-refractivity contribution is -0.126. The molecule has 1 unspecified atom stereocenters. The van der Waals surface area contributed by atoms with Gasteiger partial charge in [-0.25, -0.2) is 5.84 Å². The number of nitrogens with one attached hydrogen (secondary N) is 1. The fourth-order valence-corrected chi connectivity index (χ4v) is 2.51. The van der Waals surface area contributed by atoms with Crippen molar-refractivity contribution in [3.05, 3.63) is 5.69 Å². The average Bonchev–Trinajstić information content (AvgIpc) is 2.87. The van der Waals surface area contributed by atoms with Gasteiger partial charge < -0.3 is 11.2 Å². The van der Waals surface area contributed by atoms with Gasteiger partial charge in [0.1, 0.15) is 10.7 Å². The lowest BCUT2D eigenvalue weighted by Crippen LogP contribution is -2.37. The molecule has 0 saturated carbocycles. The van der Waals surface area contributed by atoms with Gasteiger partial charge in [-0.05, 0) is 19.9 Å². The van der Waals surface area contributed by atoms with Crippen LogP contribution in [0.3, 0.4) is 0 Å². The first kappa shape index (κ1) is 12.2. The number of nitrogen functional groups attached to an aromatic ring is 1. The van der Waals surface area contributed by atoms with Gasteiger partial charge in [-0.1, -0.05) is 4.49 Å². The number of hydrogen-bond donors (Lipinski definition) is 3. The molecule has 0 bridgehead atoms. The molecule has 17 heavy (non-hydrogen) atoms. The van der Waals surface area contributed by atoms with Gasteiger partial charge in [-0.2, -0.15) is 0 Å². The highest BCUT2D eigenvalue weighted by Crippen LogP contribution is 2.31. The molecule has 0 spiro atoms. The van der Waals surface area contributed by atoms with Gasteiger partial charge in [0.05, 0.1) is 5.41 Å². The van der Waals surface area contributed by atoms with Crippen molar-refractivity contribution in [3.63, 3.8) is 0 Å². The first-order valence-electron chi connectivity index (χ1n) is 5.35. The van der Waals surface area contributed by atoms with Crippen LogP contribution in [0.4, 0.5) is 5.00 Å². The number of anilines is 1. The van der Waals surface area contributed by atoms with Crippen LogP contribution < -0.4 is 17.0 Å². The maximum absolute atomic E-state index is 11.3. The van der Waals surface area contributed by atoms with Gasteiger partial charge in [-0.3, -0.25) is 9.69 Å². The predicted molar refractivity (Wildman–Crippen MR) is 64.9 cm³/mol. The standard InChI is InChI=1S/C9H16N6OS/c1-9(8(10)16)2-3-15(5-9)4-6-7(12-11)17-14-13-6/h12H,2-5,11H2,1H3,(H2,10,16). The molecular weight excluding hydrogens is 240 g/mol. The Morgan fingerprint density at radius 2 is 2.47 bits per heavy atom. The number of aromatic nitrogens is 2. The zero-order chi connectivity index (χ0) is 12.5. The van der Waals surface area contributed by atoms with Crippen LogP contribution in [-0.4, -0.2) is 33.5 Å². The van der Waals surface area contributed by atoms with E-state index in [0.717, 1.165) is 23.7 Å². The zero-order valence-corrected chi connectivity index (χ0v) is 10.5. The Kier molecular flexibility index (Phi) is 3.27. The lowest BCUT2D eigenvalue weighted by Gasteiger charge is -2.20. The summed E-state index contributed by atoms with van der Waals surface area (Å²) in [5, 5.41) is 4.77. The topological polar surface area (TPSA) is 110 Å². The summed E-state index contributed by atoms with van der Waals surface area (Å²) >= 11 is 1.22. The smallest absolute Gasteiger partial charge is 0.224 e. The maximum Gasteiger partial charge on any atom is 0.224 e. The van der Waals surface area contributed by atoms with E-state index in [2.05, 4.69) is 19.9 Å². The Bertz CT molecular complexity index is 421. The van der Waals surface area contributed by atoms with E-state index < -0.39 is 5.41 Å². The van der Waals surface area contributed by atoms with Gasteiger partial charge in [0.15, 0.2) is 0 Å². The Morgan fingerprint density at radius 1 is 1.71 bits per heavy atom. The van der Waals surface area contributed by atoms with Crippen molar-refractivity contribution >= 4 is 22.4 Å². The third-order valence-electron chi connectivity index (χ3n) is 3.21. The van der Waals surface area contributed by atoms with Crippen LogP contribution in [0, 0.1) is 5.41 Å². The largest absolute Gasteiger partial charge is 0.369 e.